The Morgan fingerprint density at radius 3 is 2.83 bits per heavy atom. The molecule has 2 heteroatoms. The standard InChI is InChI=1S/C16H22O2/c1-2-3-4-8-13-11-10-12-7-5-6-9-14(12)15(13)16(17)18/h5-7,9,13,15H,2-4,8,10-11H2,1H3,(H,17,18)/t13-,15?/m1/s1. The van der Waals surface area contributed by atoms with Crippen LogP contribution in [-0.2, 0) is 11.2 Å². The smallest absolute Gasteiger partial charge is 0.311 e. The zero-order valence-electron chi connectivity index (χ0n) is 11.1. The molecule has 0 fully saturated rings. The van der Waals surface area contributed by atoms with Gasteiger partial charge in [0.2, 0.25) is 0 Å². The van der Waals surface area contributed by atoms with Crippen LogP contribution >= 0.6 is 0 Å². The number of carbonyl (C=O) groups is 1. The molecule has 0 radical (unpaired) electrons. The van der Waals surface area contributed by atoms with Gasteiger partial charge in [0.05, 0.1) is 5.92 Å². The average Bonchev–Trinajstić information content (AvgIpc) is 2.38. The van der Waals surface area contributed by atoms with Gasteiger partial charge < -0.3 is 5.11 Å². The van der Waals surface area contributed by atoms with E-state index in [0.29, 0.717) is 5.92 Å². The molecule has 18 heavy (non-hydrogen) atoms. The summed E-state index contributed by atoms with van der Waals surface area (Å²) in [4.78, 5) is 11.6. The summed E-state index contributed by atoms with van der Waals surface area (Å²) >= 11 is 0. The Hall–Kier alpha value is -1.31. The number of unbranched alkanes of at least 4 members (excludes halogenated alkanes) is 2. The molecular formula is C16H22O2. The molecule has 1 N–H and O–H groups in total. The fourth-order valence-corrected chi connectivity index (χ4v) is 3.13. The van der Waals surface area contributed by atoms with Gasteiger partial charge in [0, 0.05) is 0 Å². The Labute approximate surface area is 109 Å². The molecule has 1 aliphatic rings. The molecule has 0 heterocycles. The minimum atomic E-state index is -0.649. The highest BCUT2D eigenvalue weighted by Crippen LogP contribution is 2.39. The maximum atomic E-state index is 11.6. The minimum Gasteiger partial charge on any atom is -0.481 e. The van der Waals surface area contributed by atoms with Crippen LogP contribution in [0.2, 0.25) is 0 Å². The summed E-state index contributed by atoms with van der Waals surface area (Å²) in [6, 6.07) is 8.05. The predicted molar refractivity (Wildman–Crippen MR) is 72.8 cm³/mol. The second-order valence-electron chi connectivity index (χ2n) is 5.31. The van der Waals surface area contributed by atoms with E-state index >= 15 is 0 Å². The van der Waals surface area contributed by atoms with Gasteiger partial charge in [-0.05, 0) is 36.3 Å². The second-order valence-corrected chi connectivity index (χ2v) is 5.31. The number of hydrogen-bond donors (Lipinski definition) is 1. The first kappa shape index (κ1) is 13.1. The number of carboxylic acids is 1. The van der Waals surface area contributed by atoms with Crippen molar-refractivity contribution >= 4 is 5.97 Å². The van der Waals surface area contributed by atoms with E-state index in [1.54, 1.807) is 0 Å². The summed E-state index contributed by atoms with van der Waals surface area (Å²) in [5, 5.41) is 9.51. The monoisotopic (exact) mass is 246 g/mol. The van der Waals surface area contributed by atoms with Crippen LogP contribution in [0.25, 0.3) is 0 Å². The molecule has 0 aliphatic heterocycles. The van der Waals surface area contributed by atoms with Crippen molar-refractivity contribution in [3.05, 3.63) is 35.4 Å². The highest BCUT2D eigenvalue weighted by molar-refractivity contribution is 5.77. The maximum absolute atomic E-state index is 11.6. The molecule has 0 aromatic heterocycles. The average molecular weight is 246 g/mol. The van der Waals surface area contributed by atoms with E-state index in [1.807, 2.05) is 18.2 Å². The number of aryl methyl sites for hydroxylation is 1. The third-order valence-electron chi connectivity index (χ3n) is 4.09. The van der Waals surface area contributed by atoms with Crippen molar-refractivity contribution in [1.29, 1.82) is 0 Å². The van der Waals surface area contributed by atoms with Crippen LogP contribution < -0.4 is 0 Å². The van der Waals surface area contributed by atoms with E-state index in [1.165, 1.54) is 18.4 Å². The lowest BCUT2D eigenvalue weighted by Crippen LogP contribution is -2.27. The zero-order valence-corrected chi connectivity index (χ0v) is 11.1. The first-order valence-corrected chi connectivity index (χ1v) is 7.04. The van der Waals surface area contributed by atoms with Gasteiger partial charge in [-0.15, -0.1) is 0 Å². The molecule has 0 spiro atoms. The quantitative estimate of drug-likeness (QED) is 0.797. The summed E-state index contributed by atoms with van der Waals surface area (Å²) in [7, 11) is 0. The highest BCUT2D eigenvalue weighted by atomic mass is 16.4. The molecule has 0 amide bonds. The van der Waals surface area contributed by atoms with E-state index in [-0.39, 0.29) is 5.92 Å². The molecule has 98 valence electrons. The number of fused-ring (bicyclic) bond motifs is 1. The fraction of sp³-hybridized carbons (Fsp3) is 0.562. The predicted octanol–water partition coefficient (Wildman–Crippen LogP) is 4.00. The van der Waals surface area contributed by atoms with E-state index in [0.717, 1.165) is 31.2 Å². The summed E-state index contributed by atoms with van der Waals surface area (Å²) in [6.07, 6.45) is 6.69. The number of rotatable bonds is 5. The Balaban J connectivity index is 2.16. The van der Waals surface area contributed by atoms with Crippen LogP contribution in [0.15, 0.2) is 24.3 Å². The third kappa shape index (κ3) is 2.74. The lowest BCUT2D eigenvalue weighted by atomic mass is 9.73. The molecule has 0 bridgehead atoms. The van der Waals surface area contributed by atoms with Crippen LogP contribution in [0.5, 0.6) is 0 Å². The third-order valence-corrected chi connectivity index (χ3v) is 4.09. The van der Waals surface area contributed by atoms with Gasteiger partial charge in [0.1, 0.15) is 0 Å². The lowest BCUT2D eigenvalue weighted by Gasteiger charge is -2.31. The Morgan fingerprint density at radius 2 is 2.11 bits per heavy atom. The molecular weight excluding hydrogens is 224 g/mol. The van der Waals surface area contributed by atoms with Gasteiger partial charge in [-0.1, -0.05) is 50.5 Å². The molecule has 2 rings (SSSR count). The van der Waals surface area contributed by atoms with E-state index in [4.69, 9.17) is 0 Å². The van der Waals surface area contributed by atoms with Crippen molar-refractivity contribution in [2.75, 3.05) is 0 Å². The maximum Gasteiger partial charge on any atom is 0.311 e. The summed E-state index contributed by atoms with van der Waals surface area (Å²) < 4.78 is 0. The first-order valence-electron chi connectivity index (χ1n) is 7.04. The van der Waals surface area contributed by atoms with Gasteiger partial charge >= 0.3 is 5.97 Å². The molecule has 1 unspecified atom stereocenters. The topological polar surface area (TPSA) is 37.3 Å². The van der Waals surface area contributed by atoms with Crippen LogP contribution in [-0.4, -0.2) is 11.1 Å². The lowest BCUT2D eigenvalue weighted by molar-refractivity contribution is -0.140. The number of benzene rings is 1. The zero-order chi connectivity index (χ0) is 13.0. The molecule has 1 aliphatic carbocycles. The number of aliphatic carboxylic acids is 1. The Morgan fingerprint density at radius 1 is 1.33 bits per heavy atom. The van der Waals surface area contributed by atoms with Gasteiger partial charge in [0.15, 0.2) is 0 Å². The summed E-state index contributed by atoms with van der Waals surface area (Å²) in [5.74, 6) is -0.612. The molecule has 2 atom stereocenters. The van der Waals surface area contributed by atoms with Crippen LogP contribution in [0.3, 0.4) is 0 Å². The van der Waals surface area contributed by atoms with Crippen molar-refractivity contribution in [1.82, 2.24) is 0 Å². The van der Waals surface area contributed by atoms with Crippen LogP contribution in [0.4, 0.5) is 0 Å². The summed E-state index contributed by atoms with van der Waals surface area (Å²) in [6.45, 7) is 2.19. The number of hydrogen-bond acceptors (Lipinski definition) is 1. The van der Waals surface area contributed by atoms with Gasteiger partial charge in [-0.3, -0.25) is 4.79 Å². The molecule has 1 aromatic carbocycles. The Kier molecular flexibility index (Phi) is 4.40. The summed E-state index contributed by atoms with van der Waals surface area (Å²) in [5.41, 5.74) is 2.29. The normalized spacial score (nSPS) is 22.5. The molecule has 1 aromatic rings. The molecule has 0 saturated heterocycles. The highest BCUT2D eigenvalue weighted by Gasteiger charge is 2.33. The largest absolute Gasteiger partial charge is 0.481 e. The number of carboxylic acid groups (broad SMARTS) is 1. The van der Waals surface area contributed by atoms with Gasteiger partial charge in [-0.25, -0.2) is 0 Å². The molecule has 0 saturated carbocycles. The van der Waals surface area contributed by atoms with Crippen molar-refractivity contribution in [2.24, 2.45) is 5.92 Å². The van der Waals surface area contributed by atoms with E-state index < -0.39 is 5.97 Å². The van der Waals surface area contributed by atoms with Gasteiger partial charge in [0.25, 0.3) is 0 Å². The fourth-order valence-electron chi connectivity index (χ4n) is 3.13. The van der Waals surface area contributed by atoms with E-state index in [9.17, 15) is 9.90 Å². The minimum absolute atomic E-state index is 0.285. The van der Waals surface area contributed by atoms with E-state index in [2.05, 4.69) is 13.0 Å². The Bertz CT molecular complexity index is 411. The van der Waals surface area contributed by atoms with Crippen LogP contribution in [0.1, 0.15) is 56.1 Å². The second kappa shape index (κ2) is 6.03. The van der Waals surface area contributed by atoms with Crippen molar-refractivity contribution < 1.29 is 9.90 Å². The molecule has 2 nitrogen and oxygen atoms in total. The van der Waals surface area contributed by atoms with Crippen molar-refractivity contribution in [3.63, 3.8) is 0 Å². The van der Waals surface area contributed by atoms with Crippen molar-refractivity contribution in [2.45, 2.75) is 51.4 Å². The first-order chi connectivity index (χ1) is 8.74. The SMILES string of the molecule is CCCCC[C@@H]1CCc2ccccc2C1C(=O)O. The van der Waals surface area contributed by atoms with Gasteiger partial charge in [-0.2, -0.15) is 0 Å². The van der Waals surface area contributed by atoms with Crippen molar-refractivity contribution in [3.8, 4) is 0 Å². The van der Waals surface area contributed by atoms with Crippen LogP contribution in [0, 0.1) is 5.92 Å².